The monoisotopic (exact) mass is 963 g/mol. The van der Waals surface area contributed by atoms with E-state index in [1.165, 1.54) is 13.8 Å². The number of allylic oxidation sites excluding steroid dienone is 2. The lowest BCUT2D eigenvalue weighted by Crippen LogP contribution is -2.46. The third-order valence-corrected chi connectivity index (χ3v) is 12.7. The first-order valence-electron chi connectivity index (χ1n) is 18.8. The SMILES string of the molecule is CC(C)(COP(=O)(O)OP(=O)(O)OCC1OC(n2cnc3c(N)ncnc32)C(O)C1OP(=O)(O)O)C(O)C(=O)NCCC(=O)NCCSC(=O)CCCCC/C=C/CCC(=O)O. The third-order valence-electron chi connectivity index (χ3n) is 8.71. The molecule has 1 aliphatic heterocycles. The predicted octanol–water partition coefficient (Wildman–Crippen LogP) is 1.04. The average molecular weight is 964 g/mol. The standard InChI is InChI=1S/C32H52N7O19P3S/c1-32(2,27(45)30(46)35-13-12-21(40)34-14-15-62-23(43)11-9-7-5-3-4-6-8-10-22(41)42)17-55-61(52,53)58-60(50,51)54-16-20-26(57-59(47,48)49)25(44)31(56-20)39-19-38-24-28(33)36-18-37-29(24)39/h4,6,18-20,25-27,31,44-45H,3,5,7-17H2,1-2H3,(H,34,40)(H,35,46)(H,41,42)(H,50,51)(H,52,53)(H2,33,36,37)(H2,47,48,49)/b6-4+. The number of nitrogens with one attached hydrogen (secondary N) is 2. The van der Waals surface area contributed by atoms with Crippen LogP contribution in [0.2, 0.25) is 0 Å². The molecule has 0 bridgehead atoms. The molecule has 7 atom stereocenters. The van der Waals surface area contributed by atoms with Crippen LogP contribution in [-0.4, -0.2) is 134 Å². The van der Waals surface area contributed by atoms with Gasteiger partial charge in [-0.3, -0.25) is 37.3 Å². The minimum Gasteiger partial charge on any atom is -0.481 e. The Bertz CT molecular complexity index is 2020. The van der Waals surface area contributed by atoms with E-state index in [0.29, 0.717) is 25.0 Å². The summed E-state index contributed by atoms with van der Waals surface area (Å²) in [5.41, 5.74) is 4.24. The van der Waals surface area contributed by atoms with Crippen LogP contribution in [0.3, 0.4) is 0 Å². The first-order valence-corrected chi connectivity index (χ1v) is 24.3. The highest BCUT2D eigenvalue weighted by Gasteiger charge is 2.50. The molecule has 2 aromatic heterocycles. The number of aliphatic hydroxyl groups is 2. The first-order chi connectivity index (χ1) is 28.9. The summed E-state index contributed by atoms with van der Waals surface area (Å²) in [6.45, 7) is 0.422. The molecule has 1 aliphatic rings. The van der Waals surface area contributed by atoms with Crippen LogP contribution in [-0.2, 0) is 55.5 Å². The number of nitrogen functional groups attached to an aromatic ring is 1. The minimum absolute atomic E-state index is 0.0202. The van der Waals surface area contributed by atoms with Gasteiger partial charge in [0.05, 0.1) is 19.5 Å². The zero-order valence-corrected chi connectivity index (χ0v) is 37.0. The van der Waals surface area contributed by atoms with Crippen LogP contribution in [0.1, 0.15) is 71.4 Å². The second-order valence-corrected chi connectivity index (χ2v) is 19.7. The van der Waals surface area contributed by atoms with Gasteiger partial charge in [0.1, 0.15) is 36.3 Å². The van der Waals surface area contributed by atoms with Crippen LogP contribution in [0.4, 0.5) is 5.82 Å². The first kappa shape index (κ1) is 53.1. The van der Waals surface area contributed by atoms with Gasteiger partial charge in [-0.1, -0.05) is 44.2 Å². The zero-order valence-electron chi connectivity index (χ0n) is 33.5. The quantitative estimate of drug-likeness (QED) is 0.0323. The highest BCUT2D eigenvalue weighted by Crippen LogP contribution is 2.61. The van der Waals surface area contributed by atoms with Gasteiger partial charge in [0.2, 0.25) is 11.8 Å². The Morgan fingerprint density at radius 3 is 2.35 bits per heavy atom. The summed E-state index contributed by atoms with van der Waals surface area (Å²) in [4.78, 5) is 98.4. The number of rotatable bonds is 28. The molecule has 0 spiro atoms. The number of aromatic nitrogens is 4. The molecule has 0 radical (unpaired) electrons. The Morgan fingerprint density at radius 1 is 0.968 bits per heavy atom. The van der Waals surface area contributed by atoms with Crippen molar-refractivity contribution in [1.82, 2.24) is 30.2 Å². The average Bonchev–Trinajstić information content (AvgIpc) is 3.73. The number of thioether (sulfide) groups is 1. The summed E-state index contributed by atoms with van der Waals surface area (Å²) in [5, 5.41) is 35.0. The molecular weight excluding hydrogens is 911 g/mol. The van der Waals surface area contributed by atoms with E-state index in [2.05, 4.69) is 34.4 Å². The number of hydrogen-bond acceptors (Lipinski definition) is 19. The second kappa shape index (κ2) is 24.2. The summed E-state index contributed by atoms with van der Waals surface area (Å²) in [6.07, 6.45) is 0.946. The Kier molecular flexibility index (Phi) is 20.7. The molecule has 62 heavy (non-hydrogen) atoms. The number of aliphatic hydroxyl groups excluding tert-OH is 2. The number of carbonyl (C=O) groups excluding carboxylic acids is 3. The Morgan fingerprint density at radius 2 is 1.66 bits per heavy atom. The van der Waals surface area contributed by atoms with Gasteiger partial charge in [0, 0.05) is 43.5 Å². The Hall–Kier alpha value is -3.23. The van der Waals surface area contributed by atoms with E-state index in [1.807, 2.05) is 12.2 Å². The lowest BCUT2D eigenvalue weighted by Gasteiger charge is -2.30. The Labute approximate surface area is 358 Å². The minimum atomic E-state index is -5.58. The van der Waals surface area contributed by atoms with Crippen molar-refractivity contribution in [3.63, 3.8) is 0 Å². The number of carboxylic acid groups (broad SMARTS) is 1. The highest BCUT2D eigenvalue weighted by molar-refractivity contribution is 8.13. The van der Waals surface area contributed by atoms with Crippen molar-refractivity contribution in [3.8, 4) is 0 Å². The maximum atomic E-state index is 12.7. The van der Waals surface area contributed by atoms with Gasteiger partial charge in [0.25, 0.3) is 0 Å². The van der Waals surface area contributed by atoms with Crippen LogP contribution in [0.5, 0.6) is 0 Å². The van der Waals surface area contributed by atoms with E-state index in [0.717, 1.165) is 48.2 Å². The summed E-state index contributed by atoms with van der Waals surface area (Å²) >= 11 is 1.08. The molecule has 3 rings (SSSR count). The van der Waals surface area contributed by atoms with Crippen molar-refractivity contribution < 1.29 is 90.4 Å². The maximum Gasteiger partial charge on any atom is 0.481 e. The number of nitrogens with zero attached hydrogens (tertiary/aromatic N) is 4. The van der Waals surface area contributed by atoms with Crippen molar-refractivity contribution >= 4 is 75.1 Å². The number of carbonyl (C=O) groups is 4. The van der Waals surface area contributed by atoms with Gasteiger partial charge in [-0.2, -0.15) is 4.31 Å². The summed E-state index contributed by atoms with van der Waals surface area (Å²) < 4.78 is 62.2. The molecule has 3 heterocycles. The maximum absolute atomic E-state index is 12.7. The number of unbranched alkanes of at least 4 members (excludes halogenated alkanes) is 3. The van der Waals surface area contributed by atoms with Crippen LogP contribution in [0.15, 0.2) is 24.8 Å². The van der Waals surface area contributed by atoms with Gasteiger partial charge in [-0.05, 0) is 25.7 Å². The fraction of sp³-hybridized carbons (Fsp3) is 0.656. The number of amides is 2. The molecule has 26 nitrogen and oxygen atoms in total. The number of imidazole rings is 1. The molecule has 2 aromatic rings. The summed E-state index contributed by atoms with van der Waals surface area (Å²) in [5.74, 6) is -2.00. The van der Waals surface area contributed by atoms with E-state index in [4.69, 9.17) is 24.6 Å². The summed E-state index contributed by atoms with van der Waals surface area (Å²) in [6, 6.07) is 0. The fourth-order valence-corrected chi connectivity index (χ4v) is 9.07. The van der Waals surface area contributed by atoms with Gasteiger partial charge in [-0.25, -0.2) is 28.6 Å². The molecule has 7 unspecified atom stereocenters. The molecule has 30 heteroatoms. The van der Waals surface area contributed by atoms with E-state index in [-0.39, 0.29) is 48.0 Å². The molecule has 11 N–H and O–H groups in total. The highest BCUT2D eigenvalue weighted by atomic mass is 32.2. The van der Waals surface area contributed by atoms with Gasteiger partial charge < -0.3 is 56.0 Å². The van der Waals surface area contributed by atoms with Crippen LogP contribution in [0.25, 0.3) is 11.2 Å². The number of nitrogens with two attached hydrogens (primary N) is 1. The number of anilines is 1. The van der Waals surface area contributed by atoms with Crippen molar-refractivity contribution in [2.75, 3.05) is 37.8 Å². The van der Waals surface area contributed by atoms with E-state index in [1.54, 1.807) is 0 Å². The smallest absolute Gasteiger partial charge is 0.481 e. The van der Waals surface area contributed by atoms with Gasteiger partial charge in [0.15, 0.2) is 22.8 Å². The van der Waals surface area contributed by atoms with Crippen molar-refractivity contribution in [2.45, 2.75) is 95.9 Å². The van der Waals surface area contributed by atoms with E-state index >= 15 is 0 Å². The molecule has 350 valence electrons. The number of fused-ring (bicyclic) bond motifs is 1. The molecule has 0 aromatic carbocycles. The molecule has 1 fully saturated rings. The largest absolute Gasteiger partial charge is 0.481 e. The summed E-state index contributed by atoms with van der Waals surface area (Å²) in [7, 11) is -16.4. The number of phosphoric ester groups is 3. The lowest BCUT2D eigenvalue weighted by molar-refractivity contribution is -0.137. The third kappa shape index (κ3) is 18.1. The predicted molar refractivity (Wildman–Crippen MR) is 216 cm³/mol. The van der Waals surface area contributed by atoms with Crippen molar-refractivity contribution in [3.05, 3.63) is 24.8 Å². The van der Waals surface area contributed by atoms with Crippen molar-refractivity contribution in [1.29, 1.82) is 0 Å². The van der Waals surface area contributed by atoms with Gasteiger partial charge >= 0.3 is 29.4 Å². The van der Waals surface area contributed by atoms with E-state index in [9.17, 15) is 62.7 Å². The number of hydrogen-bond donors (Lipinski definition) is 10. The fourth-order valence-electron chi connectivity index (χ4n) is 5.52. The van der Waals surface area contributed by atoms with Gasteiger partial charge in [-0.15, -0.1) is 0 Å². The number of carboxylic acids is 1. The molecule has 0 aliphatic carbocycles. The Balaban J connectivity index is 1.38. The zero-order chi connectivity index (χ0) is 46.3. The number of phosphoric acid groups is 3. The van der Waals surface area contributed by atoms with Crippen LogP contribution >= 0.6 is 35.2 Å². The van der Waals surface area contributed by atoms with Crippen LogP contribution in [0, 0.1) is 5.41 Å². The molecule has 0 saturated carbocycles. The number of aliphatic carboxylic acids is 1. The number of ether oxygens (including phenoxy) is 1. The van der Waals surface area contributed by atoms with E-state index < -0.39 is 90.5 Å². The molecular formula is C32H52N7O19P3S. The van der Waals surface area contributed by atoms with Crippen LogP contribution < -0.4 is 16.4 Å². The molecule has 2 amide bonds. The lowest BCUT2D eigenvalue weighted by atomic mass is 9.87. The molecule has 1 saturated heterocycles. The normalized spacial score (nSPS) is 20.8. The topological polar surface area (TPSA) is 401 Å². The van der Waals surface area contributed by atoms with Crippen molar-refractivity contribution in [2.24, 2.45) is 5.41 Å². The second-order valence-electron chi connectivity index (χ2n) is 14.3.